The van der Waals surface area contributed by atoms with Gasteiger partial charge in [-0.25, -0.2) is 4.98 Å². The molecule has 6 nitrogen and oxygen atoms in total. The van der Waals surface area contributed by atoms with Gasteiger partial charge in [0.25, 0.3) is 5.91 Å². The molecule has 114 valence electrons. The van der Waals surface area contributed by atoms with E-state index in [9.17, 15) is 4.79 Å². The number of carbonyl (C=O) groups excluding carboxylic acids is 1. The molecule has 2 aromatic rings. The van der Waals surface area contributed by atoms with Crippen LogP contribution in [0.3, 0.4) is 0 Å². The van der Waals surface area contributed by atoms with Crippen molar-refractivity contribution in [2.24, 2.45) is 0 Å². The summed E-state index contributed by atoms with van der Waals surface area (Å²) in [6, 6.07) is 10.3. The van der Waals surface area contributed by atoms with E-state index >= 15 is 0 Å². The molecule has 1 aromatic carbocycles. The van der Waals surface area contributed by atoms with Crippen LogP contribution in [0.5, 0.6) is 0 Å². The van der Waals surface area contributed by atoms with Crippen molar-refractivity contribution >= 4 is 12.0 Å². The Bertz CT molecular complexity index is 615. The van der Waals surface area contributed by atoms with E-state index in [-0.39, 0.29) is 5.91 Å². The molecule has 0 aliphatic carbocycles. The van der Waals surface area contributed by atoms with E-state index < -0.39 is 0 Å². The van der Waals surface area contributed by atoms with Crippen molar-refractivity contribution in [2.45, 2.75) is 0 Å². The molecule has 0 saturated carbocycles. The molecule has 0 spiro atoms. The summed E-state index contributed by atoms with van der Waals surface area (Å²) in [7, 11) is 0. The van der Waals surface area contributed by atoms with Crippen molar-refractivity contribution in [1.29, 1.82) is 0 Å². The number of hydrogen-bond donors (Lipinski definition) is 1. The van der Waals surface area contributed by atoms with Crippen molar-refractivity contribution in [3.63, 3.8) is 0 Å². The lowest BCUT2D eigenvalue weighted by atomic mass is 10.2. The first-order valence-electron chi connectivity index (χ1n) is 7.41. The van der Waals surface area contributed by atoms with E-state index in [0.717, 1.165) is 32.7 Å². The number of rotatable bonds is 4. The molecule has 0 unspecified atom stereocenters. The fourth-order valence-corrected chi connectivity index (χ4v) is 2.49. The fraction of sp³-hybridized carbons (Fsp3) is 0.312. The summed E-state index contributed by atoms with van der Waals surface area (Å²) >= 11 is 0. The fourth-order valence-electron chi connectivity index (χ4n) is 2.49. The first kappa shape index (κ1) is 14.5. The number of nitrogens with one attached hydrogen (secondary N) is 1. The van der Waals surface area contributed by atoms with Crippen LogP contribution in [0, 0.1) is 0 Å². The zero-order valence-corrected chi connectivity index (χ0v) is 12.4. The van der Waals surface area contributed by atoms with Gasteiger partial charge < -0.3 is 4.90 Å². The molecule has 0 atom stereocenters. The monoisotopic (exact) mass is 297 g/mol. The number of carbonyl (C=O) groups is 1. The smallest absolute Gasteiger partial charge is 0.291 e. The Hall–Kier alpha value is -2.47. The van der Waals surface area contributed by atoms with E-state index in [4.69, 9.17) is 0 Å². The van der Waals surface area contributed by atoms with Crippen LogP contribution in [-0.4, -0.2) is 63.6 Å². The number of nitrogens with zero attached hydrogens (tertiary/aromatic N) is 4. The van der Waals surface area contributed by atoms with Crippen LogP contribution >= 0.6 is 0 Å². The SMILES string of the molecule is O=C(c1ncn[nH]1)N1CCN(C/C=C/c2ccccc2)CC1. The summed E-state index contributed by atoms with van der Waals surface area (Å²) in [5, 5.41) is 6.34. The maximum atomic E-state index is 12.1. The molecule has 1 N–H and O–H groups in total. The second-order valence-electron chi connectivity index (χ2n) is 5.24. The maximum Gasteiger partial charge on any atom is 0.291 e. The summed E-state index contributed by atoms with van der Waals surface area (Å²) in [4.78, 5) is 20.2. The van der Waals surface area contributed by atoms with Crippen molar-refractivity contribution in [1.82, 2.24) is 25.0 Å². The summed E-state index contributed by atoms with van der Waals surface area (Å²) < 4.78 is 0. The predicted octanol–water partition coefficient (Wildman–Crippen LogP) is 1.28. The second kappa shape index (κ2) is 7.00. The number of amides is 1. The lowest BCUT2D eigenvalue weighted by molar-refractivity contribution is 0.0638. The molecule has 1 aliphatic rings. The van der Waals surface area contributed by atoms with E-state index in [1.165, 1.54) is 11.9 Å². The summed E-state index contributed by atoms with van der Waals surface area (Å²) in [5.74, 6) is 0.245. The Morgan fingerprint density at radius 3 is 2.64 bits per heavy atom. The molecule has 1 aliphatic heterocycles. The molecule has 1 amide bonds. The highest BCUT2D eigenvalue weighted by atomic mass is 16.2. The maximum absolute atomic E-state index is 12.1. The van der Waals surface area contributed by atoms with Crippen LogP contribution < -0.4 is 0 Å². The first-order chi connectivity index (χ1) is 10.8. The van der Waals surface area contributed by atoms with Crippen LogP contribution in [0.25, 0.3) is 6.08 Å². The van der Waals surface area contributed by atoms with Crippen LogP contribution in [0.1, 0.15) is 16.2 Å². The minimum absolute atomic E-state index is 0.0722. The summed E-state index contributed by atoms with van der Waals surface area (Å²) in [6.07, 6.45) is 5.66. The third-order valence-corrected chi connectivity index (χ3v) is 3.75. The van der Waals surface area contributed by atoms with Gasteiger partial charge in [-0.15, -0.1) is 0 Å². The Labute approximate surface area is 129 Å². The topological polar surface area (TPSA) is 65.1 Å². The molecule has 1 aromatic heterocycles. The van der Waals surface area contributed by atoms with Gasteiger partial charge >= 0.3 is 0 Å². The standard InChI is InChI=1S/C16H19N5O/c22-16(15-17-13-18-19-15)21-11-9-20(10-12-21)8-4-7-14-5-2-1-3-6-14/h1-7,13H,8-12H2,(H,17,18,19)/b7-4+. The Balaban J connectivity index is 1.46. The highest BCUT2D eigenvalue weighted by Gasteiger charge is 2.23. The zero-order chi connectivity index (χ0) is 15.2. The molecule has 1 fully saturated rings. The van der Waals surface area contributed by atoms with Gasteiger partial charge in [0.2, 0.25) is 5.82 Å². The zero-order valence-electron chi connectivity index (χ0n) is 12.4. The molecule has 22 heavy (non-hydrogen) atoms. The van der Waals surface area contributed by atoms with Gasteiger partial charge in [-0.1, -0.05) is 42.5 Å². The molecule has 3 rings (SSSR count). The number of aromatic amines is 1. The lowest BCUT2D eigenvalue weighted by Gasteiger charge is -2.33. The highest BCUT2D eigenvalue weighted by Crippen LogP contribution is 2.06. The van der Waals surface area contributed by atoms with Crippen molar-refractivity contribution < 1.29 is 4.79 Å². The van der Waals surface area contributed by atoms with Crippen LogP contribution in [0.15, 0.2) is 42.7 Å². The van der Waals surface area contributed by atoms with Gasteiger partial charge in [-0.3, -0.25) is 14.8 Å². The number of piperazine rings is 1. The van der Waals surface area contributed by atoms with E-state index in [0.29, 0.717) is 5.82 Å². The molecular formula is C16H19N5O. The average molecular weight is 297 g/mol. The quantitative estimate of drug-likeness (QED) is 0.923. The molecular weight excluding hydrogens is 278 g/mol. The normalized spacial score (nSPS) is 16.3. The summed E-state index contributed by atoms with van der Waals surface area (Å²) in [6.45, 7) is 4.09. The number of benzene rings is 1. The van der Waals surface area contributed by atoms with Crippen molar-refractivity contribution in [3.05, 3.63) is 54.1 Å². The van der Waals surface area contributed by atoms with Gasteiger partial charge in [0.05, 0.1) is 0 Å². The van der Waals surface area contributed by atoms with E-state index in [1.807, 2.05) is 23.1 Å². The third-order valence-electron chi connectivity index (χ3n) is 3.75. The summed E-state index contributed by atoms with van der Waals surface area (Å²) in [5.41, 5.74) is 1.21. The first-order valence-corrected chi connectivity index (χ1v) is 7.41. The molecule has 0 bridgehead atoms. The molecule has 6 heteroatoms. The van der Waals surface area contributed by atoms with E-state index in [2.05, 4.69) is 44.4 Å². The Morgan fingerprint density at radius 1 is 1.18 bits per heavy atom. The van der Waals surface area contributed by atoms with Crippen LogP contribution in [0.2, 0.25) is 0 Å². The van der Waals surface area contributed by atoms with Crippen molar-refractivity contribution in [3.8, 4) is 0 Å². The lowest BCUT2D eigenvalue weighted by Crippen LogP contribution is -2.48. The van der Waals surface area contributed by atoms with Gasteiger partial charge in [0.15, 0.2) is 0 Å². The van der Waals surface area contributed by atoms with Gasteiger partial charge in [0, 0.05) is 32.7 Å². The minimum atomic E-state index is -0.0722. The second-order valence-corrected chi connectivity index (χ2v) is 5.24. The minimum Gasteiger partial charge on any atom is -0.333 e. The van der Waals surface area contributed by atoms with Gasteiger partial charge in [-0.2, -0.15) is 5.10 Å². The molecule has 0 radical (unpaired) electrons. The van der Waals surface area contributed by atoms with Crippen LogP contribution in [0.4, 0.5) is 0 Å². The van der Waals surface area contributed by atoms with Gasteiger partial charge in [0.1, 0.15) is 6.33 Å². The Morgan fingerprint density at radius 2 is 1.95 bits per heavy atom. The van der Waals surface area contributed by atoms with E-state index in [1.54, 1.807) is 0 Å². The average Bonchev–Trinajstić information content (AvgIpc) is 3.10. The largest absolute Gasteiger partial charge is 0.333 e. The van der Waals surface area contributed by atoms with Gasteiger partial charge in [-0.05, 0) is 5.56 Å². The number of hydrogen-bond acceptors (Lipinski definition) is 4. The predicted molar refractivity (Wildman–Crippen MR) is 84.2 cm³/mol. The number of aromatic nitrogens is 3. The van der Waals surface area contributed by atoms with Crippen LogP contribution in [-0.2, 0) is 0 Å². The third kappa shape index (κ3) is 3.59. The molecule has 1 saturated heterocycles. The Kier molecular flexibility index (Phi) is 4.60. The highest BCUT2D eigenvalue weighted by molar-refractivity contribution is 5.90. The number of H-pyrrole nitrogens is 1. The van der Waals surface area contributed by atoms with Crippen molar-refractivity contribution in [2.75, 3.05) is 32.7 Å². The molecule has 2 heterocycles.